The van der Waals surface area contributed by atoms with Crippen LogP contribution in [0.1, 0.15) is 23.2 Å². The quantitative estimate of drug-likeness (QED) is 0.361. The lowest BCUT2D eigenvalue weighted by Crippen LogP contribution is -2.29. The van der Waals surface area contributed by atoms with E-state index < -0.39 is 0 Å². The zero-order valence-electron chi connectivity index (χ0n) is 8.98. The van der Waals surface area contributed by atoms with Crippen LogP contribution in [-0.4, -0.2) is 23.3 Å². The fourth-order valence-corrected chi connectivity index (χ4v) is 2.76. The maximum Gasteiger partial charge on any atom is 0.265 e. The van der Waals surface area contributed by atoms with Crippen LogP contribution in [0.25, 0.3) is 0 Å². The molecule has 0 aromatic heterocycles. The molecule has 1 saturated heterocycles. The number of nitrogen functional groups attached to an aromatic ring is 1. The Balaban J connectivity index is 2.06. The molecular formula is C11H15N3OS. The summed E-state index contributed by atoms with van der Waals surface area (Å²) in [5.41, 5.74) is 2.74. The van der Waals surface area contributed by atoms with Crippen molar-refractivity contribution in [2.45, 2.75) is 17.7 Å². The van der Waals surface area contributed by atoms with Crippen LogP contribution in [0.2, 0.25) is 0 Å². The Morgan fingerprint density at radius 2 is 2.12 bits per heavy atom. The van der Waals surface area contributed by atoms with Crippen LogP contribution in [0, 0.1) is 0 Å². The molecule has 1 aromatic carbocycles. The van der Waals surface area contributed by atoms with Crippen LogP contribution in [-0.2, 0) is 0 Å². The van der Waals surface area contributed by atoms with Crippen molar-refractivity contribution in [3.63, 3.8) is 0 Å². The minimum absolute atomic E-state index is 0.246. The van der Waals surface area contributed by atoms with E-state index in [0.717, 1.165) is 18.0 Å². The van der Waals surface area contributed by atoms with Crippen LogP contribution in [0.3, 0.4) is 0 Å². The van der Waals surface area contributed by atoms with Gasteiger partial charge in [0.1, 0.15) is 0 Å². The van der Waals surface area contributed by atoms with Crippen molar-refractivity contribution in [3.05, 3.63) is 29.8 Å². The molecule has 0 bridgehead atoms. The molecule has 16 heavy (non-hydrogen) atoms. The SMILES string of the molecule is NNC(=O)c1cccc(SN2CCCC2)c1. The summed E-state index contributed by atoms with van der Waals surface area (Å²) in [4.78, 5) is 12.4. The highest BCUT2D eigenvalue weighted by Crippen LogP contribution is 2.26. The van der Waals surface area contributed by atoms with E-state index in [1.54, 1.807) is 18.0 Å². The van der Waals surface area contributed by atoms with Crippen LogP contribution >= 0.6 is 11.9 Å². The summed E-state index contributed by atoms with van der Waals surface area (Å²) in [6.45, 7) is 2.25. The largest absolute Gasteiger partial charge is 0.290 e. The van der Waals surface area contributed by atoms with E-state index in [0.29, 0.717) is 5.56 Å². The van der Waals surface area contributed by atoms with Crippen LogP contribution < -0.4 is 11.3 Å². The fourth-order valence-electron chi connectivity index (χ4n) is 1.71. The third kappa shape index (κ3) is 2.75. The summed E-state index contributed by atoms with van der Waals surface area (Å²) in [5, 5.41) is 0. The molecule has 0 aliphatic carbocycles. The van der Waals surface area contributed by atoms with Crippen molar-refractivity contribution in [3.8, 4) is 0 Å². The number of carbonyl (C=O) groups excluding carboxylic acids is 1. The lowest BCUT2D eigenvalue weighted by molar-refractivity contribution is 0.0953. The number of nitrogens with zero attached hydrogens (tertiary/aromatic N) is 1. The number of hydrogen-bond acceptors (Lipinski definition) is 4. The Morgan fingerprint density at radius 1 is 1.38 bits per heavy atom. The van der Waals surface area contributed by atoms with E-state index in [4.69, 9.17) is 5.84 Å². The van der Waals surface area contributed by atoms with Gasteiger partial charge in [0.2, 0.25) is 0 Å². The Bertz CT molecular complexity index is 377. The number of carbonyl (C=O) groups is 1. The van der Waals surface area contributed by atoms with Crippen LogP contribution in [0.5, 0.6) is 0 Å². The predicted octanol–water partition coefficient (Wildman–Crippen LogP) is 1.39. The lowest BCUT2D eigenvalue weighted by Gasteiger charge is -2.13. The maximum atomic E-state index is 11.3. The molecule has 1 fully saturated rings. The van der Waals surface area contributed by atoms with E-state index >= 15 is 0 Å². The third-order valence-corrected chi connectivity index (χ3v) is 3.61. The highest BCUT2D eigenvalue weighted by molar-refractivity contribution is 7.97. The van der Waals surface area contributed by atoms with Crippen molar-refractivity contribution in [1.29, 1.82) is 0 Å². The van der Waals surface area contributed by atoms with Crippen molar-refractivity contribution < 1.29 is 4.79 Å². The Labute approximate surface area is 99.3 Å². The average Bonchev–Trinajstić information content (AvgIpc) is 2.81. The van der Waals surface area contributed by atoms with Gasteiger partial charge in [-0.1, -0.05) is 6.07 Å². The normalized spacial score (nSPS) is 16.3. The van der Waals surface area contributed by atoms with Gasteiger partial charge in [-0.25, -0.2) is 10.1 Å². The minimum atomic E-state index is -0.246. The van der Waals surface area contributed by atoms with E-state index in [9.17, 15) is 4.79 Å². The van der Waals surface area contributed by atoms with Crippen molar-refractivity contribution in [2.75, 3.05) is 13.1 Å². The van der Waals surface area contributed by atoms with Gasteiger partial charge >= 0.3 is 0 Å². The average molecular weight is 237 g/mol. The molecule has 86 valence electrons. The first-order valence-corrected chi connectivity index (χ1v) is 6.11. The number of benzene rings is 1. The van der Waals surface area contributed by atoms with Gasteiger partial charge in [-0.3, -0.25) is 10.2 Å². The molecule has 1 aliphatic rings. The van der Waals surface area contributed by atoms with Gasteiger partial charge in [-0.2, -0.15) is 0 Å². The molecule has 0 atom stereocenters. The second kappa shape index (κ2) is 5.34. The molecule has 3 N–H and O–H groups in total. The van der Waals surface area contributed by atoms with Crippen LogP contribution in [0.15, 0.2) is 29.2 Å². The molecule has 0 radical (unpaired) electrons. The first-order valence-electron chi connectivity index (χ1n) is 5.33. The maximum absolute atomic E-state index is 11.3. The van der Waals surface area contributed by atoms with Gasteiger partial charge in [0.25, 0.3) is 5.91 Å². The van der Waals surface area contributed by atoms with Gasteiger partial charge in [0, 0.05) is 23.5 Å². The number of nitrogens with two attached hydrogens (primary N) is 1. The lowest BCUT2D eigenvalue weighted by atomic mass is 10.2. The Hall–Kier alpha value is -1.04. The van der Waals surface area contributed by atoms with Crippen molar-refractivity contribution in [1.82, 2.24) is 9.73 Å². The number of amides is 1. The van der Waals surface area contributed by atoms with E-state index in [1.807, 2.05) is 18.2 Å². The first kappa shape index (κ1) is 11.4. The fraction of sp³-hybridized carbons (Fsp3) is 0.364. The molecule has 0 spiro atoms. The molecule has 1 amide bonds. The van der Waals surface area contributed by atoms with E-state index in [-0.39, 0.29) is 5.91 Å². The van der Waals surface area contributed by atoms with Gasteiger partial charge in [0.15, 0.2) is 0 Å². The molecule has 5 heteroatoms. The smallest absolute Gasteiger partial charge is 0.265 e. The molecular weight excluding hydrogens is 222 g/mol. The molecule has 0 unspecified atom stereocenters. The number of hydrazine groups is 1. The topological polar surface area (TPSA) is 58.4 Å². The number of rotatable bonds is 3. The van der Waals surface area contributed by atoms with Gasteiger partial charge in [0.05, 0.1) is 0 Å². The summed E-state index contributed by atoms with van der Waals surface area (Å²) in [6.07, 6.45) is 2.52. The van der Waals surface area contributed by atoms with Crippen molar-refractivity contribution >= 4 is 17.9 Å². The van der Waals surface area contributed by atoms with Crippen molar-refractivity contribution in [2.24, 2.45) is 5.84 Å². The summed E-state index contributed by atoms with van der Waals surface area (Å²) in [7, 11) is 0. The molecule has 1 heterocycles. The molecule has 2 rings (SSSR count). The summed E-state index contributed by atoms with van der Waals surface area (Å²) in [5.74, 6) is 4.85. The number of nitrogens with one attached hydrogen (secondary N) is 1. The summed E-state index contributed by atoms with van der Waals surface area (Å²) < 4.78 is 2.32. The van der Waals surface area contributed by atoms with Gasteiger partial charge < -0.3 is 0 Å². The third-order valence-electron chi connectivity index (χ3n) is 2.53. The zero-order valence-corrected chi connectivity index (χ0v) is 9.80. The molecule has 4 nitrogen and oxygen atoms in total. The number of hydrogen-bond donors (Lipinski definition) is 2. The van der Waals surface area contributed by atoms with Crippen LogP contribution in [0.4, 0.5) is 0 Å². The van der Waals surface area contributed by atoms with E-state index in [2.05, 4.69) is 9.73 Å². The second-order valence-corrected chi connectivity index (χ2v) is 4.90. The van der Waals surface area contributed by atoms with Gasteiger partial charge in [-0.15, -0.1) is 0 Å². The summed E-state index contributed by atoms with van der Waals surface area (Å²) >= 11 is 1.71. The monoisotopic (exact) mass is 237 g/mol. The first-order chi connectivity index (χ1) is 7.79. The summed E-state index contributed by atoms with van der Waals surface area (Å²) in [6, 6.07) is 7.51. The van der Waals surface area contributed by atoms with Gasteiger partial charge in [-0.05, 0) is 43.0 Å². The standard InChI is InChI=1S/C11H15N3OS/c12-13-11(15)9-4-3-5-10(8-9)16-14-6-1-2-7-14/h3-5,8H,1-2,6-7,12H2,(H,13,15). The zero-order chi connectivity index (χ0) is 11.4. The second-order valence-electron chi connectivity index (χ2n) is 3.73. The molecule has 0 saturated carbocycles. The molecule has 1 aliphatic heterocycles. The minimum Gasteiger partial charge on any atom is -0.290 e. The molecule has 1 aromatic rings. The predicted molar refractivity (Wildman–Crippen MR) is 64.8 cm³/mol. The Kier molecular flexibility index (Phi) is 3.82. The highest BCUT2D eigenvalue weighted by atomic mass is 32.2. The highest BCUT2D eigenvalue weighted by Gasteiger charge is 2.13. The van der Waals surface area contributed by atoms with E-state index in [1.165, 1.54) is 12.8 Å². The Morgan fingerprint density at radius 3 is 2.81 bits per heavy atom.